The van der Waals surface area contributed by atoms with Crippen molar-refractivity contribution < 1.29 is 24.1 Å². The molecule has 0 saturated carbocycles. The second-order valence-electron chi connectivity index (χ2n) is 6.24. The smallest absolute Gasteiger partial charge is 0.251 e. The quantitative estimate of drug-likeness (QED) is 0.743. The molecule has 2 N–H and O–H groups in total. The van der Waals surface area contributed by atoms with Gasteiger partial charge in [0.2, 0.25) is 6.79 Å². The second-order valence-corrected chi connectivity index (χ2v) is 6.24. The highest BCUT2D eigenvalue weighted by Gasteiger charge is 2.29. The van der Waals surface area contributed by atoms with E-state index in [2.05, 4.69) is 5.32 Å². The zero-order chi connectivity index (χ0) is 17.8. The summed E-state index contributed by atoms with van der Waals surface area (Å²) in [4.78, 5) is 12.3. The van der Waals surface area contributed by atoms with E-state index in [0.29, 0.717) is 29.4 Å². The van der Waals surface area contributed by atoms with Gasteiger partial charge in [0.25, 0.3) is 5.91 Å². The highest BCUT2D eigenvalue weighted by Crippen LogP contribution is 2.47. The number of aromatic hydroxyl groups is 1. The Morgan fingerprint density at radius 1 is 1.15 bits per heavy atom. The molecule has 5 rings (SSSR count). The van der Waals surface area contributed by atoms with Gasteiger partial charge in [-0.15, -0.1) is 0 Å². The first-order valence-corrected chi connectivity index (χ1v) is 8.21. The average Bonchev–Trinajstić information content (AvgIpc) is 3.27. The zero-order valence-corrected chi connectivity index (χ0v) is 14.0. The predicted octanol–water partition coefficient (Wildman–Crippen LogP) is 3.19. The molecule has 0 unspecified atom stereocenters. The first-order chi connectivity index (χ1) is 12.7. The molecule has 1 amide bonds. The summed E-state index contributed by atoms with van der Waals surface area (Å²) >= 11 is 0. The molecule has 2 aliphatic heterocycles. The first-order valence-electron chi connectivity index (χ1n) is 8.21. The van der Waals surface area contributed by atoms with Gasteiger partial charge in [-0.25, -0.2) is 0 Å². The second kappa shape index (κ2) is 5.29. The van der Waals surface area contributed by atoms with Crippen molar-refractivity contribution in [1.29, 1.82) is 0 Å². The number of phenols is 1. The molecule has 0 saturated heterocycles. The maximum Gasteiger partial charge on any atom is 0.251 e. The van der Waals surface area contributed by atoms with Crippen LogP contribution in [0.4, 0.5) is 0 Å². The number of rotatable bonds is 2. The van der Waals surface area contributed by atoms with Crippen LogP contribution in [0, 0.1) is 0 Å². The molecule has 0 radical (unpaired) electrons. The van der Waals surface area contributed by atoms with Crippen molar-refractivity contribution in [1.82, 2.24) is 5.32 Å². The molecular formula is C20H15NO5. The molecule has 6 heteroatoms. The number of carbonyl (C=O) groups is 1. The van der Waals surface area contributed by atoms with Crippen molar-refractivity contribution in [2.45, 2.75) is 6.54 Å². The fraction of sp³-hybridized carbons (Fsp3) is 0.150. The van der Waals surface area contributed by atoms with Crippen molar-refractivity contribution in [3.63, 3.8) is 0 Å². The summed E-state index contributed by atoms with van der Waals surface area (Å²) in [6, 6.07) is 10.8. The Morgan fingerprint density at radius 2 is 2.04 bits per heavy atom. The Hall–Kier alpha value is -3.41. The summed E-state index contributed by atoms with van der Waals surface area (Å²) in [5, 5.41) is 14.6. The lowest BCUT2D eigenvalue weighted by Crippen LogP contribution is -2.12. The van der Waals surface area contributed by atoms with Crippen molar-refractivity contribution in [2.24, 2.45) is 0 Å². The fourth-order valence-electron chi connectivity index (χ4n) is 3.70. The molecule has 2 heterocycles. The Morgan fingerprint density at radius 3 is 2.88 bits per heavy atom. The van der Waals surface area contributed by atoms with E-state index in [1.807, 2.05) is 24.3 Å². The number of carbonyl (C=O) groups excluding carboxylic acids is 1. The van der Waals surface area contributed by atoms with E-state index in [1.165, 1.54) is 7.11 Å². The van der Waals surface area contributed by atoms with Gasteiger partial charge < -0.3 is 24.6 Å². The van der Waals surface area contributed by atoms with Crippen LogP contribution >= 0.6 is 0 Å². The number of methoxy groups -OCH3 is 1. The molecular weight excluding hydrogens is 334 g/mol. The number of phenolic OH excluding ortho intramolecular Hbond substituents is 1. The van der Waals surface area contributed by atoms with E-state index >= 15 is 0 Å². The van der Waals surface area contributed by atoms with Crippen molar-refractivity contribution in [3.05, 3.63) is 47.5 Å². The molecule has 0 fully saturated rings. The normalized spacial score (nSPS) is 14.4. The maximum absolute atomic E-state index is 12.3. The Bertz CT molecular complexity index is 1090. The number of amides is 1. The lowest BCUT2D eigenvalue weighted by atomic mass is 9.90. The van der Waals surface area contributed by atoms with Gasteiger partial charge in [-0.05, 0) is 46.3 Å². The largest absolute Gasteiger partial charge is 0.504 e. The van der Waals surface area contributed by atoms with Gasteiger partial charge in [0.1, 0.15) is 0 Å². The van der Waals surface area contributed by atoms with Crippen LogP contribution in [0.15, 0.2) is 36.4 Å². The number of benzene rings is 3. The topological polar surface area (TPSA) is 77.0 Å². The van der Waals surface area contributed by atoms with Gasteiger partial charge in [-0.3, -0.25) is 4.79 Å². The van der Waals surface area contributed by atoms with Gasteiger partial charge in [-0.2, -0.15) is 0 Å². The third kappa shape index (κ3) is 1.95. The van der Waals surface area contributed by atoms with Crippen LogP contribution in [-0.4, -0.2) is 24.9 Å². The molecule has 26 heavy (non-hydrogen) atoms. The van der Waals surface area contributed by atoms with E-state index in [9.17, 15) is 9.90 Å². The van der Waals surface area contributed by atoms with Crippen LogP contribution in [0.5, 0.6) is 23.0 Å². The van der Waals surface area contributed by atoms with E-state index in [4.69, 9.17) is 14.2 Å². The monoisotopic (exact) mass is 349 g/mol. The molecule has 0 spiro atoms. The van der Waals surface area contributed by atoms with Crippen LogP contribution < -0.4 is 19.5 Å². The molecule has 0 aromatic heterocycles. The van der Waals surface area contributed by atoms with Crippen LogP contribution in [0.25, 0.3) is 21.9 Å². The summed E-state index contributed by atoms with van der Waals surface area (Å²) in [7, 11) is 1.51. The van der Waals surface area contributed by atoms with E-state index in [-0.39, 0.29) is 18.4 Å². The standard InChI is InChI=1S/C20H15NO5/c1-24-16-7-11(2-4-14(16)22)17-13-8-21-20(23)12(13)6-10-3-5-15-19(18(10)17)26-9-25-15/h2-7,22H,8-9H2,1H3,(H,21,23). The molecule has 3 aromatic carbocycles. The van der Waals surface area contributed by atoms with Crippen LogP contribution in [0.2, 0.25) is 0 Å². The van der Waals surface area contributed by atoms with Crippen molar-refractivity contribution in [2.75, 3.05) is 13.9 Å². The molecule has 0 bridgehead atoms. The number of nitrogens with one attached hydrogen (secondary N) is 1. The predicted molar refractivity (Wildman–Crippen MR) is 94.9 cm³/mol. The summed E-state index contributed by atoms with van der Waals surface area (Å²) in [5.74, 6) is 1.70. The summed E-state index contributed by atoms with van der Waals surface area (Å²) < 4.78 is 16.5. The van der Waals surface area contributed by atoms with Gasteiger partial charge in [0.15, 0.2) is 23.0 Å². The fourth-order valence-corrected chi connectivity index (χ4v) is 3.70. The number of hydrogen-bond donors (Lipinski definition) is 2. The minimum absolute atomic E-state index is 0.0622. The Balaban J connectivity index is 1.91. The molecule has 2 aliphatic rings. The van der Waals surface area contributed by atoms with E-state index < -0.39 is 0 Å². The lowest BCUT2D eigenvalue weighted by molar-refractivity contribution is 0.0966. The maximum atomic E-state index is 12.3. The summed E-state index contributed by atoms with van der Waals surface area (Å²) in [5.41, 5.74) is 3.27. The van der Waals surface area contributed by atoms with Gasteiger partial charge in [0, 0.05) is 17.5 Å². The van der Waals surface area contributed by atoms with Crippen LogP contribution in [0.3, 0.4) is 0 Å². The van der Waals surface area contributed by atoms with E-state index in [1.54, 1.807) is 12.1 Å². The number of ether oxygens (including phenoxy) is 3. The number of fused-ring (bicyclic) bond motifs is 4. The van der Waals surface area contributed by atoms with Crippen molar-refractivity contribution in [3.8, 4) is 34.1 Å². The zero-order valence-electron chi connectivity index (χ0n) is 14.0. The third-order valence-corrected chi connectivity index (χ3v) is 4.89. The van der Waals surface area contributed by atoms with Gasteiger partial charge >= 0.3 is 0 Å². The molecule has 6 nitrogen and oxygen atoms in total. The molecule has 0 atom stereocenters. The lowest BCUT2D eigenvalue weighted by Gasteiger charge is -2.15. The average molecular weight is 349 g/mol. The Kier molecular flexibility index (Phi) is 3.03. The number of hydrogen-bond acceptors (Lipinski definition) is 5. The highest BCUT2D eigenvalue weighted by atomic mass is 16.7. The first kappa shape index (κ1) is 14.9. The SMILES string of the molecule is COc1cc(-c2c3c(cc4ccc5c(c24)OCO5)C(=O)NC3)ccc1O. The molecule has 3 aromatic rings. The summed E-state index contributed by atoms with van der Waals surface area (Å²) in [6.07, 6.45) is 0. The van der Waals surface area contributed by atoms with Crippen LogP contribution in [0.1, 0.15) is 15.9 Å². The molecule has 0 aliphatic carbocycles. The molecule has 130 valence electrons. The van der Waals surface area contributed by atoms with E-state index in [0.717, 1.165) is 27.5 Å². The third-order valence-electron chi connectivity index (χ3n) is 4.89. The minimum Gasteiger partial charge on any atom is -0.504 e. The minimum atomic E-state index is -0.0911. The van der Waals surface area contributed by atoms with Gasteiger partial charge in [0.05, 0.1) is 7.11 Å². The van der Waals surface area contributed by atoms with Crippen molar-refractivity contribution >= 4 is 16.7 Å². The Labute approximate surface area is 148 Å². The van der Waals surface area contributed by atoms with Crippen LogP contribution in [-0.2, 0) is 6.54 Å². The summed E-state index contributed by atoms with van der Waals surface area (Å²) in [6.45, 7) is 0.605. The highest BCUT2D eigenvalue weighted by molar-refractivity contribution is 6.11. The van der Waals surface area contributed by atoms with Gasteiger partial charge in [-0.1, -0.05) is 12.1 Å².